The Balaban J connectivity index is -0.00000000145. The Kier molecular flexibility index (Phi) is 754. The van der Waals surface area contributed by atoms with Gasteiger partial charge in [0.05, 0.1) is 6.54 Å². The third-order valence-electron chi connectivity index (χ3n) is 0.175. The standard InChI is InChI=1S/C2H5NO2.Al.9ClH.Zr.3H/c3-1-2(4)5;;;;;;;;;;;;;;/h1,3H2,(H,4,5);;9*1H;;;;. The predicted molar refractivity (Wildman–Crippen MR) is 91.9 cm³/mol. The number of carboxylic acids is 1. The van der Waals surface area contributed by atoms with E-state index in [2.05, 4.69) is 5.73 Å². The van der Waals surface area contributed by atoms with Crippen LogP contribution in [-0.2, 0) is 31.0 Å². The average molecular weight is 524 g/mol. The summed E-state index contributed by atoms with van der Waals surface area (Å²) >= 11 is 0. The van der Waals surface area contributed by atoms with Gasteiger partial charge in [0.25, 0.3) is 0 Å². The quantitative estimate of drug-likeness (QED) is 0.513. The Hall–Kier alpha value is 3.46. The van der Waals surface area contributed by atoms with Crippen molar-refractivity contribution in [1.82, 2.24) is 0 Å². The third-order valence-corrected chi connectivity index (χ3v) is 0.175. The number of rotatable bonds is 1. The molecule has 0 spiro atoms. The molecule has 0 radical (unpaired) electrons. The molecule has 0 saturated carbocycles. The minimum absolute atomic E-state index is 0. The number of halogens is 9. The number of hydrogen-bond acceptors (Lipinski definition) is 2. The predicted octanol–water partition coefficient (Wildman–Crippen LogP) is 1.64. The van der Waals surface area contributed by atoms with Crippen LogP contribution in [-0.4, -0.2) is 35.0 Å². The van der Waals surface area contributed by atoms with E-state index < -0.39 is 5.97 Å². The van der Waals surface area contributed by atoms with Gasteiger partial charge in [0.1, 0.15) is 0 Å². The topological polar surface area (TPSA) is 63.3 Å². The molecule has 0 aliphatic rings. The Bertz CT molecular complexity index is 66.8. The van der Waals surface area contributed by atoms with Gasteiger partial charge in [-0.05, 0) is 0 Å². The van der Waals surface area contributed by atoms with Gasteiger partial charge in [0.2, 0.25) is 0 Å². The van der Waals surface area contributed by atoms with Crippen molar-refractivity contribution >= 4 is 135 Å². The van der Waals surface area contributed by atoms with E-state index in [-0.39, 0.29) is 162 Å². The van der Waals surface area contributed by atoms with Crippen molar-refractivity contribution < 1.29 is 36.1 Å². The van der Waals surface area contributed by atoms with Crippen molar-refractivity contribution in [3.05, 3.63) is 0 Å². The van der Waals surface area contributed by atoms with E-state index in [1.54, 1.807) is 0 Å². The molecule has 0 fully saturated rings. The molecule has 0 unspecified atom stereocenters. The van der Waals surface area contributed by atoms with Gasteiger partial charge in [-0.2, -0.15) is 0 Å². The van der Waals surface area contributed by atoms with Gasteiger partial charge in [-0.25, -0.2) is 0 Å². The molecule has 0 heterocycles. The zero-order chi connectivity index (χ0) is 4.28. The van der Waals surface area contributed by atoms with Crippen molar-refractivity contribution in [2.75, 3.05) is 6.54 Å². The van der Waals surface area contributed by atoms with Gasteiger partial charge >= 0.3 is 5.97 Å². The molecule has 0 aliphatic heterocycles. The van der Waals surface area contributed by atoms with E-state index in [4.69, 9.17) is 5.11 Å². The van der Waals surface area contributed by atoms with Crippen molar-refractivity contribution in [1.29, 1.82) is 0 Å². The first-order valence-electron chi connectivity index (χ1n) is 1.19. The summed E-state index contributed by atoms with van der Waals surface area (Å²) in [5.74, 6) is -0.968. The molecular formula is C2H17AlCl9NO2Zr. The molecular weight excluding hydrogens is 507 g/mol. The van der Waals surface area contributed by atoms with Crippen LogP contribution in [0, 0.1) is 0 Å². The summed E-state index contributed by atoms with van der Waals surface area (Å²) < 4.78 is 0. The third kappa shape index (κ3) is 159. The molecule has 0 atom stereocenters. The molecule has 0 rings (SSSR count). The van der Waals surface area contributed by atoms with Gasteiger partial charge in [-0.15, -0.1) is 112 Å². The van der Waals surface area contributed by atoms with Gasteiger partial charge in [0, 0.05) is 26.2 Å². The maximum Gasteiger partial charge on any atom is 0.317 e. The molecule has 0 aliphatic carbocycles. The summed E-state index contributed by atoms with van der Waals surface area (Å²) in [5.41, 5.74) is 4.57. The second kappa shape index (κ2) is 101. The van der Waals surface area contributed by atoms with Crippen LogP contribution < -0.4 is 5.73 Å². The van der Waals surface area contributed by atoms with Crippen LogP contribution in [0.1, 0.15) is 0 Å². The first-order valence-corrected chi connectivity index (χ1v) is 1.19. The Morgan fingerprint density at radius 3 is 0.875 bits per heavy atom. The number of carboxylic acid groups (broad SMARTS) is 1. The van der Waals surface area contributed by atoms with Crippen LogP contribution in [0.3, 0.4) is 0 Å². The number of nitrogens with two attached hydrogens (primary N) is 1. The minimum Gasteiger partial charge on any atom is -0.480 e. The van der Waals surface area contributed by atoms with Crippen LogP contribution in [0.15, 0.2) is 0 Å². The second-order valence-electron chi connectivity index (χ2n) is 0.598. The Morgan fingerprint density at radius 2 is 0.875 bits per heavy atom. The molecule has 0 aromatic carbocycles. The van der Waals surface area contributed by atoms with E-state index >= 15 is 0 Å². The largest absolute Gasteiger partial charge is 0.480 e. The average Bonchev–Trinajstić information content (AvgIpc) is 1.38. The van der Waals surface area contributed by atoms with Crippen LogP contribution in [0.2, 0.25) is 0 Å². The zero-order valence-corrected chi connectivity index (χ0v) is 16.6. The summed E-state index contributed by atoms with van der Waals surface area (Å²) in [4.78, 5) is 9.24. The fourth-order valence-corrected chi connectivity index (χ4v) is 0. The summed E-state index contributed by atoms with van der Waals surface area (Å²) in [7, 11) is 0. The van der Waals surface area contributed by atoms with Crippen LogP contribution in [0.5, 0.6) is 0 Å². The minimum atomic E-state index is -0.968. The summed E-state index contributed by atoms with van der Waals surface area (Å²) in [6.07, 6.45) is 0. The molecule has 112 valence electrons. The molecule has 0 saturated heterocycles. The first kappa shape index (κ1) is 119. The summed E-state index contributed by atoms with van der Waals surface area (Å²) in [6, 6.07) is 0. The van der Waals surface area contributed by atoms with Crippen LogP contribution in [0.4, 0.5) is 0 Å². The monoisotopic (exact) mass is 519 g/mol. The molecule has 0 bridgehead atoms. The second-order valence-corrected chi connectivity index (χ2v) is 0.598. The van der Waals surface area contributed by atoms with Gasteiger partial charge in [0.15, 0.2) is 17.4 Å². The van der Waals surface area contributed by atoms with Crippen molar-refractivity contribution in [2.45, 2.75) is 0 Å². The van der Waals surface area contributed by atoms with Crippen LogP contribution in [0.25, 0.3) is 0 Å². The van der Waals surface area contributed by atoms with E-state index in [0.717, 1.165) is 0 Å². The molecule has 0 aromatic rings. The molecule has 0 amide bonds. The first-order chi connectivity index (χ1) is 2.27. The van der Waals surface area contributed by atoms with Crippen molar-refractivity contribution in [3.63, 3.8) is 0 Å². The Labute approximate surface area is 181 Å². The molecule has 3 N–H and O–H groups in total. The number of aliphatic carboxylic acids is 1. The molecule has 3 nitrogen and oxygen atoms in total. The normalized spacial score (nSPS) is 2.31. The molecule has 0 aromatic heterocycles. The van der Waals surface area contributed by atoms with E-state index in [1.165, 1.54) is 0 Å². The molecule has 14 heteroatoms. The SMILES string of the molecule is Cl.Cl.Cl.Cl.Cl.Cl.Cl.Cl.Cl.NCC(=O)O.[AlH3].[Zr]. The fraction of sp³-hybridized carbons (Fsp3) is 0.500. The van der Waals surface area contributed by atoms with E-state index in [1.807, 2.05) is 0 Å². The van der Waals surface area contributed by atoms with Gasteiger partial charge in [-0.1, -0.05) is 0 Å². The van der Waals surface area contributed by atoms with Gasteiger partial charge < -0.3 is 10.8 Å². The van der Waals surface area contributed by atoms with Crippen molar-refractivity contribution in [3.8, 4) is 0 Å². The Morgan fingerprint density at radius 1 is 0.812 bits per heavy atom. The molecule has 16 heavy (non-hydrogen) atoms. The summed E-state index contributed by atoms with van der Waals surface area (Å²) in [6.45, 7) is -0.278. The number of carbonyl (C=O) groups is 1. The summed E-state index contributed by atoms with van der Waals surface area (Å²) in [5, 5.41) is 7.60. The maximum absolute atomic E-state index is 9.24. The smallest absolute Gasteiger partial charge is 0.317 e. The number of hydrogen-bond donors (Lipinski definition) is 2. The van der Waals surface area contributed by atoms with E-state index in [0.29, 0.717) is 0 Å². The fourth-order valence-electron chi connectivity index (χ4n) is 0. The van der Waals surface area contributed by atoms with Crippen LogP contribution >= 0.6 is 112 Å². The zero-order valence-electron chi connectivity index (χ0n) is 6.81. The van der Waals surface area contributed by atoms with Gasteiger partial charge in [-0.3, -0.25) is 4.79 Å². The van der Waals surface area contributed by atoms with Crippen molar-refractivity contribution in [2.24, 2.45) is 5.73 Å². The maximum atomic E-state index is 9.24. The van der Waals surface area contributed by atoms with E-state index in [9.17, 15) is 4.79 Å².